The van der Waals surface area contributed by atoms with E-state index in [1.54, 1.807) is 6.92 Å². The first-order valence-electron chi connectivity index (χ1n) is 11.3. The Balaban J connectivity index is 1.53. The van der Waals surface area contributed by atoms with Gasteiger partial charge in [-0.25, -0.2) is 0 Å². The highest BCUT2D eigenvalue weighted by atomic mass is 16.3. The van der Waals surface area contributed by atoms with E-state index in [9.17, 15) is 4.79 Å². The standard InChI is InChI=1S/C26H36N2O2/c1-21(30)28(20-22-7-4-3-5-8-22)26-15-13-25(14-16-26)24-11-9-23(10-12-24)19-27(2)17-6-18-29/h3-5,7-12,25-26,29H,6,13-20H2,1-2H3/t25-,26-. The van der Waals surface area contributed by atoms with Gasteiger partial charge in [-0.05, 0) is 61.8 Å². The number of aliphatic hydroxyl groups is 1. The van der Waals surface area contributed by atoms with E-state index >= 15 is 0 Å². The summed E-state index contributed by atoms with van der Waals surface area (Å²) >= 11 is 0. The lowest BCUT2D eigenvalue weighted by Gasteiger charge is -2.37. The fourth-order valence-corrected chi connectivity index (χ4v) is 4.63. The number of hydrogen-bond acceptors (Lipinski definition) is 3. The van der Waals surface area contributed by atoms with Gasteiger partial charge in [0.15, 0.2) is 0 Å². The molecule has 1 fully saturated rings. The van der Waals surface area contributed by atoms with Crippen LogP contribution in [0.4, 0.5) is 0 Å². The van der Waals surface area contributed by atoms with Crippen molar-refractivity contribution >= 4 is 5.91 Å². The van der Waals surface area contributed by atoms with E-state index in [0.717, 1.165) is 45.2 Å². The number of benzene rings is 2. The second-order valence-corrected chi connectivity index (χ2v) is 8.69. The molecule has 30 heavy (non-hydrogen) atoms. The van der Waals surface area contributed by atoms with E-state index in [0.29, 0.717) is 18.5 Å². The normalized spacial score (nSPS) is 19.1. The number of carbonyl (C=O) groups is 1. The van der Waals surface area contributed by atoms with Gasteiger partial charge in [-0.1, -0.05) is 54.6 Å². The molecule has 3 rings (SSSR count). The molecule has 0 heterocycles. The van der Waals surface area contributed by atoms with E-state index < -0.39 is 0 Å². The molecule has 162 valence electrons. The Bertz CT molecular complexity index is 767. The van der Waals surface area contributed by atoms with E-state index in [1.165, 1.54) is 16.7 Å². The maximum absolute atomic E-state index is 12.3. The van der Waals surface area contributed by atoms with Gasteiger partial charge in [0.2, 0.25) is 5.91 Å². The summed E-state index contributed by atoms with van der Waals surface area (Å²) in [5, 5.41) is 8.97. The minimum Gasteiger partial charge on any atom is -0.396 e. The van der Waals surface area contributed by atoms with Crippen molar-refractivity contribution in [2.75, 3.05) is 20.2 Å². The third kappa shape index (κ3) is 6.41. The van der Waals surface area contributed by atoms with E-state index in [4.69, 9.17) is 5.11 Å². The van der Waals surface area contributed by atoms with E-state index in [1.807, 2.05) is 18.2 Å². The Kier molecular flexibility index (Phi) is 8.47. The molecule has 1 N–H and O–H groups in total. The number of rotatable bonds is 9. The first-order valence-corrected chi connectivity index (χ1v) is 11.3. The summed E-state index contributed by atoms with van der Waals surface area (Å²) in [4.78, 5) is 16.6. The molecule has 0 atom stereocenters. The maximum atomic E-state index is 12.3. The van der Waals surface area contributed by atoms with Crippen LogP contribution in [0.15, 0.2) is 54.6 Å². The van der Waals surface area contributed by atoms with Crippen LogP contribution in [0.1, 0.15) is 61.6 Å². The molecule has 0 bridgehead atoms. The van der Waals surface area contributed by atoms with Gasteiger partial charge in [0.1, 0.15) is 0 Å². The highest BCUT2D eigenvalue weighted by molar-refractivity contribution is 5.73. The fraction of sp³-hybridized carbons (Fsp3) is 0.500. The van der Waals surface area contributed by atoms with Gasteiger partial charge in [-0.15, -0.1) is 0 Å². The second-order valence-electron chi connectivity index (χ2n) is 8.69. The Labute approximate surface area is 181 Å². The van der Waals surface area contributed by atoms with Crippen LogP contribution >= 0.6 is 0 Å². The average molecular weight is 409 g/mol. The highest BCUT2D eigenvalue weighted by Crippen LogP contribution is 2.35. The molecule has 1 saturated carbocycles. The third-order valence-electron chi connectivity index (χ3n) is 6.34. The van der Waals surface area contributed by atoms with Crippen LogP contribution in [0.5, 0.6) is 0 Å². The summed E-state index contributed by atoms with van der Waals surface area (Å²) in [5.74, 6) is 0.768. The molecule has 0 saturated heterocycles. The predicted octanol–water partition coefficient (Wildman–Crippen LogP) is 4.58. The molecule has 1 aliphatic rings. The summed E-state index contributed by atoms with van der Waals surface area (Å²) in [6.07, 6.45) is 5.24. The van der Waals surface area contributed by atoms with Gasteiger partial charge >= 0.3 is 0 Å². The monoisotopic (exact) mass is 408 g/mol. The van der Waals surface area contributed by atoms with Crippen molar-refractivity contribution in [3.05, 3.63) is 71.3 Å². The fourth-order valence-electron chi connectivity index (χ4n) is 4.63. The minimum absolute atomic E-state index is 0.178. The molecule has 1 amide bonds. The van der Waals surface area contributed by atoms with Crippen LogP contribution in [0.2, 0.25) is 0 Å². The predicted molar refractivity (Wildman–Crippen MR) is 122 cm³/mol. The molecule has 4 heteroatoms. The Morgan fingerprint density at radius 3 is 2.17 bits per heavy atom. The largest absolute Gasteiger partial charge is 0.396 e. The van der Waals surface area contributed by atoms with Crippen molar-refractivity contribution < 1.29 is 9.90 Å². The first kappa shape index (κ1) is 22.5. The maximum Gasteiger partial charge on any atom is 0.219 e. The molecule has 4 nitrogen and oxygen atoms in total. The van der Waals surface area contributed by atoms with E-state index in [2.05, 4.69) is 53.2 Å². The Hall–Kier alpha value is -2.17. The van der Waals surface area contributed by atoms with Crippen LogP contribution in [0, 0.1) is 0 Å². The summed E-state index contributed by atoms with van der Waals surface area (Å²) in [6.45, 7) is 4.49. The molecule has 0 aliphatic heterocycles. The first-order chi connectivity index (χ1) is 14.6. The molecule has 0 spiro atoms. The summed E-state index contributed by atoms with van der Waals surface area (Å²) < 4.78 is 0. The van der Waals surface area contributed by atoms with E-state index in [-0.39, 0.29) is 12.5 Å². The number of amides is 1. The SMILES string of the molecule is CC(=O)N(Cc1ccccc1)[C@H]1CC[C@H](c2ccc(CN(C)CCCO)cc2)CC1. The molecular weight excluding hydrogens is 372 g/mol. The quantitative estimate of drug-likeness (QED) is 0.661. The summed E-state index contributed by atoms with van der Waals surface area (Å²) in [5.41, 5.74) is 3.94. The molecule has 1 aliphatic carbocycles. The number of nitrogens with zero attached hydrogens (tertiary/aromatic N) is 2. The van der Waals surface area contributed by atoms with Crippen LogP contribution in [0.25, 0.3) is 0 Å². The average Bonchev–Trinajstić information content (AvgIpc) is 2.77. The number of carbonyl (C=O) groups excluding carboxylic acids is 1. The number of aliphatic hydroxyl groups excluding tert-OH is 1. The van der Waals surface area contributed by atoms with Gasteiger partial charge in [-0.2, -0.15) is 0 Å². The van der Waals surface area contributed by atoms with Crippen molar-refractivity contribution in [2.45, 2.75) is 64.1 Å². The highest BCUT2D eigenvalue weighted by Gasteiger charge is 2.28. The van der Waals surface area contributed by atoms with Crippen molar-refractivity contribution in [2.24, 2.45) is 0 Å². The molecule has 0 unspecified atom stereocenters. The zero-order valence-electron chi connectivity index (χ0n) is 18.5. The van der Waals surface area contributed by atoms with Crippen LogP contribution < -0.4 is 0 Å². The third-order valence-corrected chi connectivity index (χ3v) is 6.34. The topological polar surface area (TPSA) is 43.8 Å². The lowest BCUT2D eigenvalue weighted by atomic mass is 9.81. The summed E-state index contributed by atoms with van der Waals surface area (Å²) in [7, 11) is 2.10. The molecule has 2 aromatic carbocycles. The van der Waals surface area contributed by atoms with Gasteiger partial charge in [0.05, 0.1) is 0 Å². The zero-order chi connectivity index (χ0) is 21.3. The molecule has 0 aromatic heterocycles. The second kappa shape index (κ2) is 11.3. The Morgan fingerprint density at radius 2 is 1.57 bits per heavy atom. The van der Waals surface area contributed by atoms with Crippen molar-refractivity contribution in [1.29, 1.82) is 0 Å². The van der Waals surface area contributed by atoms with Crippen molar-refractivity contribution in [3.63, 3.8) is 0 Å². The van der Waals surface area contributed by atoms with Crippen LogP contribution in [-0.2, 0) is 17.9 Å². The van der Waals surface area contributed by atoms with Gasteiger partial charge in [-0.3, -0.25) is 4.79 Å². The smallest absolute Gasteiger partial charge is 0.219 e. The van der Waals surface area contributed by atoms with Crippen LogP contribution in [0.3, 0.4) is 0 Å². The zero-order valence-corrected chi connectivity index (χ0v) is 18.5. The van der Waals surface area contributed by atoms with Gasteiger partial charge < -0.3 is 14.9 Å². The molecule has 0 radical (unpaired) electrons. The Morgan fingerprint density at radius 1 is 0.933 bits per heavy atom. The lowest BCUT2D eigenvalue weighted by Crippen LogP contribution is -2.40. The summed E-state index contributed by atoms with van der Waals surface area (Å²) in [6, 6.07) is 19.7. The number of hydrogen-bond donors (Lipinski definition) is 1. The van der Waals surface area contributed by atoms with Crippen molar-refractivity contribution in [3.8, 4) is 0 Å². The lowest BCUT2D eigenvalue weighted by molar-refractivity contribution is -0.132. The minimum atomic E-state index is 0.178. The molecular formula is C26H36N2O2. The van der Waals surface area contributed by atoms with Gasteiger partial charge in [0.25, 0.3) is 0 Å². The van der Waals surface area contributed by atoms with Gasteiger partial charge in [0, 0.05) is 39.2 Å². The van der Waals surface area contributed by atoms with Crippen molar-refractivity contribution in [1.82, 2.24) is 9.80 Å². The molecule has 2 aromatic rings. The van der Waals surface area contributed by atoms with Crippen LogP contribution in [-0.4, -0.2) is 47.1 Å².